The first kappa shape index (κ1) is 24.4. The SMILES string of the molecule is CN=C(NCCN(C)C(=O)OC(C)(C)C)NC1CCN(c2cc(OC)cc(OC)c2)C1. The number of nitrogens with zero attached hydrogens (tertiary/aromatic N) is 3. The number of guanidine groups is 1. The van der Waals surface area contributed by atoms with Gasteiger partial charge in [0.25, 0.3) is 0 Å². The van der Waals surface area contributed by atoms with Crippen molar-refractivity contribution in [2.24, 2.45) is 4.99 Å². The molecule has 1 unspecified atom stereocenters. The van der Waals surface area contributed by atoms with Crippen molar-refractivity contribution >= 4 is 17.7 Å². The van der Waals surface area contributed by atoms with Gasteiger partial charge in [-0.15, -0.1) is 0 Å². The monoisotopic (exact) mass is 435 g/mol. The molecule has 1 aliphatic rings. The molecule has 0 saturated carbocycles. The highest BCUT2D eigenvalue weighted by atomic mass is 16.6. The lowest BCUT2D eigenvalue weighted by molar-refractivity contribution is 0.0302. The number of carbonyl (C=O) groups excluding carboxylic acids is 1. The van der Waals surface area contributed by atoms with E-state index in [-0.39, 0.29) is 12.1 Å². The van der Waals surface area contributed by atoms with Crippen molar-refractivity contribution in [1.29, 1.82) is 0 Å². The molecule has 1 amide bonds. The van der Waals surface area contributed by atoms with Crippen molar-refractivity contribution in [3.8, 4) is 11.5 Å². The predicted molar refractivity (Wildman–Crippen MR) is 124 cm³/mol. The summed E-state index contributed by atoms with van der Waals surface area (Å²) < 4.78 is 16.1. The zero-order chi connectivity index (χ0) is 23.0. The van der Waals surface area contributed by atoms with E-state index in [1.807, 2.05) is 39.0 Å². The van der Waals surface area contributed by atoms with Crippen LogP contribution in [0.15, 0.2) is 23.2 Å². The average molecular weight is 436 g/mol. The zero-order valence-corrected chi connectivity index (χ0v) is 19.8. The Hall–Kier alpha value is -2.84. The summed E-state index contributed by atoms with van der Waals surface area (Å²) in [4.78, 5) is 20.2. The Balaban J connectivity index is 1.83. The molecule has 0 aliphatic carbocycles. The number of methoxy groups -OCH3 is 2. The van der Waals surface area contributed by atoms with Crippen LogP contribution in [-0.2, 0) is 4.74 Å². The number of rotatable bonds is 7. The van der Waals surface area contributed by atoms with Gasteiger partial charge in [0, 0.05) is 70.2 Å². The predicted octanol–water partition coefficient (Wildman–Crippen LogP) is 2.31. The molecule has 174 valence electrons. The number of benzene rings is 1. The van der Waals surface area contributed by atoms with E-state index in [2.05, 4.69) is 20.5 Å². The average Bonchev–Trinajstić information content (AvgIpc) is 3.19. The number of aliphatic imine (C=N–C) groups is 1. The van der Waals surface area contributed by atoms with Crippen LogP contribution in [0.3, 0.4) is 0 Å². The second kappa shape index (κ2) is 11.0. The van der Waals surface area contributed by atoms with Gasteiger partial charge in [0.05, 0.1) is 14.2 Å². The van der Waals surface area contributed by atoms with Gasteiger partial charge >= 0.3 is 6.09 Å². The van der Waals surface area contributed by atoms with E-state index in [9.17, 15) is 4.79 Å². The lowest BCUT2D eigenvalue weighted by Gasteiger charge is -2.25. The van der Waals surface area contributed by atoms with Gasteiger partial charge in [-0.25, -0.2) is 4.79 Å². The van der Waals surface area contributed by atoms with Crippen LogP contribution in [0.25, 0.3) is 0 Å². The van der Waals surface area contributed by atoms with E-state index in [0.29, 0.717) is 19.0 Å². The molecule has 0 aromatic heterocycles. The van der Waals surface area contributed by atoms with Crippen LogP contribution in [0, 0.1) is 0 Å². The van der Waals surface area contributed by atoms with Crippen LogP contribution < -0.4 is 25.0 Å². The number of likely N-dealkylation sites (N-methyl/N-ethyl adjacent to an activating group) is 1. The first-order valence-electron chi connectivity index (χ1n) is 10.5. The molecule has 1 fully saturated rings. The van der Waals surface area contributed by atoms with Crippen molar-refractivity contribution in [3.63, 3.8) is 0 Å². The van der Waals surface area contributed by atoms with Crippen molar-refractivity contribution in [1.82, 2.24) is 15.5 Å². The van der Waals surface area contributed by atoms with E-state index >= 15 is 0 Å². The minimum Gasteiger partial charge on any atom is -0.497 e. The number of amides is 1. The van der Waals surface area contributed by atoms with Crippen LogP contribution in [0.1, 0.15) is 27.2 Å². The largest absolute Gasteiger partial charge is 0.497 e. The number of hydrogen-bond donors (Lipinski definition) is 2. The molecule has 1 aromatic carbocycles. The second-order valence-electron chi connectivity index (χ2n) is 8.55. The van der Waals surface area contributed by atoms with E-state index in [0.717, 1.165) is 36.7 Å². The van der Waals surface area contributed by atoms with Gasteiger partial charge in [0.2, 0.25) is 0 Å². The third kappa shape index (κ3) is 7.73. The van der Waals surface area contributed by atoms with Crippen LogP contribution in [0.5, 0.6) is 11.5 Å². The summed E-state index contributed by atoms with van der Waals surface area (Å²) >= 11 is 0. The number of ether oxygens (including phenoxy) is 3. The van der Waals surface area contributed by atoms with Gasteiger partial charge in [-0.2, -0.15) is 0 Å². The van der Waals surface area contributed by atoms with Gasteiger partial charge in [-0.1, -0.05) is 0 Å². The standard InChI is InChI=1S/C22H37N5O4/c1-22(2,3)31-21(28)26(5)11-9-24-20(23-4)25-16-8-10-27(15-16)17-12-18(29-6)14-19(13-17)30-7/h12-14,16H,8-11,15H2,1-7H3,(H2,23,24,25). The summed E-state index contributed by atoms with van der Waals surface area (Å²) in [5, 5.41) is 6.73. The maximum Gasteiger partial charge on any atom is 0.410 e. The minimum absolute atomic E-state index is 0.256. The van der Waals surface area contributed by atoms with Gasteiger partial charge in [-0.05, 0) is 27.2 Å². The number of nitrogens with one attached hydrogen (secondary N) is 2. The molecule has 1 heterocycles. The molecule has 31 heavy (non-hydrogen) atoms. The molecule has 9 nitrogen and oxygen atoms in total. The Labute approximate surface area is 185 Å². The Morgan fingerprint density at radius 3 is 2.42 bits per heavy atom. The van der Waals surface area contributed by atoms with Gasteiger partial charge in [0.1, 0.15) is 17.1 Å². The van der Waals surface area contributed by atoms with E-state index in [1.165, 1.54) is 0 Å². The smallest absolute Gasteiger partial charge is 0.410 e. The van der Waals surface area contributed by atoms with Crippen LogP contribution in [0.2, 0.25) is 0 Å². The molecular formula is C22H37N5O4. The second-order valence-corrected chi connectivity index (χ2v) is 8.55. The molecule has 2 N–H and O–H groups in total. The highest BCUT2D eigenvalue weighted by molar-refractivity contribution is 5.80. The quantitative estimate of drug-likeness (QED) is 0.502. The third-order valence-electron chi connectivity index (χ3n) is 4.90. The summed E-state index contributed by atoms with van der Waals surface area (Å²) in [7, 11) is 6.78. The summed E-state index contributed by atoms with van der Waals surface area (Å²) in [5.74, 6) is 2.27. The van der Waals surface area contributed by atoms with Crippen LogP contribution in [-0.4, -0.2) is 83.1 Å². The summed E-state index contributed by atoms with van der Waals surface area (Å²) in [6.07, 6.45) is 0.648. The molecule has 1 atom stereocenters. The fraction of sp³-hybridized carbons (Fsp3) is 0.636. The maximum absolute atomic E-state index is 12.1. The van der Waals surface area contributed by atoms with Crippen molar-refractivity contribution in [2.75, 3.05) is 59.4 Å². The van der Waals surface area contributed by atoms with E-state index in [1.54, 1.807) is 33.2 Å². The Bertz CT molecular complexity index is 741. The first-order chi connectivity index (χ1) is 14.6. The number of anilines is 1. The minimum atomic E-state index is -0.502. The van der Waals surface area contributed by atoms with E-state index in [4.69, 9.17) is 14.2 Å². The molecule has 2 rings (SSSR count). The normalized spacial score (nSPS) is 16.7. The topological polar surface area (TPSA) is 87.7 Å². The summed E-state index contributed by atoms with van der Waals surface area (Å²) in [6, 6.07) is 6.16. The Morgan fingerprint density at radius 2 is 1.87 bits per heavy atom. The fourth-order valence-electron chi connectivity index (χ4n) is 3.25. The Kier molecular flexibility index (Phi) is 8.65. The lowest BCUT2D eigenvalue weighted by Crippen LogP contribution is -2.47. The number of carbonyl (C=O) groups is 1. The van der Waals surface area contributed by atoms with Crippen molar-refractivity contribution in [2.45, 2.75) is 38.8 Å². The molecule has 1 saturated heterocycles. The number of hydrogen-bond acceptors (Lipinski definition) is 6. The van der Waals surface area contributed by atoms with Crippen LogP contribution >= 0.6 is 0 Å². The Morgan fingerprint density at radius 1 is 1.23 bits per heavy atom. The molecule has 0 bridgehead atoms. The molecule has 1 aromatic rings. The van der Waals surface area contributed by atoms with Crippen LogP contribution in [0.4, 0.5) is 10.5 Å². The third-order valence-corrected chi connectivity index (χ3v) is 4.90. The first-order valence-corrected chi connectivity index (χ1v) is 10.5. The van der Waals surface area contributed by atoms with Gasteiger partial charge < -0.3 is 34.6 Å². The maximum atomic E-state index is 12.1. The molecule has 0 radical (unpaired) electrons. The molecule has 1 aliphatic heterocycles. The highest BCUT2D eigenvalue weighted by Crippen LogP contribution is 2.30. The highest BCUT2D eigenvalue weighted by Gasteiger charge is 2.24. The summed E-state index contributed by atoms with van der Waals surface area (Å²) in [6.45, 7) is 8.41. The van der Waals surface area contributed by atoms with Crippen molar-refractivity contribution < 1.29 is 19.0 Å². The van der Waals surface area contributed by atoms with Crippen molar-refractivity contribution in [3.05, 3.63) is 18.2 Å². The van der Waals surface area contributed by atoms with Gasteiger partial charge in [-0.3, -0.25) is 4.99 Å². The lowest BCUT2D eigenvalue weighted by atomic mass is 10.2. The molecular weight excluding hydrogens is 398 g/mol. The molecule has 0 spiro atoms. The van der Waals surface area contributed by atoms with Gasteiger partial charge in [0.15, 0.2) is 5.96 Å². The fourth-order valence-corrected chi connectivity index (χ4v) is 3.25. The van der Waals surface area contributed by atoms with E-state index < -0.39 is 5.60 Å². The molecule has 9 heteroatoms. The zero-order valence-electron chi connectivity index (χ0n) is 19.8. The summed E-state index contributed by atoms with van der Waals surface area (Å²) in [5.41, 5.74) is 0.569.